The number of aliphatic hydroxyl groups excluding tert-OH is 1. The Morgan fingerprint density at radius 1 is 1.07 bits per heavy atom. The van der Waals surface area contributed by atoms with Gasteiger partial charge >= 0.3 is 0 Å². The Labute approximate surface area is 260 Å². The lowest BCUT2D eigenvalue weighted by Gasteiger charge is -2.31. The topological polar surface area (TPSA) is 82.4 Å². The molecule has 3 aliphatic heterocycles. The van der Waals surface area contributed by atoms with E-state index in [0.29, 0.717) is 18.5 Å². The molecule has 1 N–H and O–H groups in total. The number of rotatable bonds is 7. The van der Waals surface area contributed by atoms with Crippen molar-refractivity contribution in [1.82, 2.24) is 0 Å². The van der Waals surface area contributed by atoms with Gasteiger partial charge in [0.1, 0.15) is 0 Å². The first kappa shape index (κ1) is 29.9. The average molecular weight is 665 g/mol. The third kappa shape index (κ3) is 5.18. The molecule has 3 heterocycles. The second-order valence-electron chi connectivity index (χ2n) is 12.1. The van der Waals surface area contributed by atoms with Crippen LogP contribution in [0.25, 0.3) is 0 Å². The predicted octanol–water partition coefficient (Wildman–Crippen LogP) is 6.68. The summed E-state index contributed by atoms with van der Waals surface area (Å²) in [6.07, 6.45) is 0.694. The zero-order chi connectivity index (χ0) is 30.5. The lowest BCUT2D eigenvalue weighted by molar-refractivity contribution is -0.146. The Morgan fingerprint density at radius 2 is 1.79 bits per heavy atom. The van der Waals surface area contributed by atoms with Crippen molar-refractivity contribution in [2.24, 2.45) is 11.0 Å². The van der Waals surface area contributed by atoms with Gasteiger partial charge < -0.3 is 18.9 Å². The van der Waals surface area contributed by atoms with Crippen LogP contribution in [0.15, 0.2) is 82.4 Å². The van der Waals surface area contributed by atoms with Gasteiger partial charge in [-0.1, -0.05) is 65.3 Å². The molecule has 0 radical (unpaired) electrons. The molecule has 4 atom stereocenters. The van der Waals surface area contributed by atoms with Gasteiger partial charge in [0.05, 0.1) is 29.7 Å². The highest BCUT2D eigenvalue weighted by atomic mass is 79.9. The third-order valence-corrected chi connectivity index (χ3v) is 11.9. The van der Waals surface area contributed by atoms with Crippen LogP contribution in [0.5, 0.6) is 0 Å². The van der Waals surface area contributed by atoms with Crippen LogP contribution < -0.4 is 9.91 Å². The first-order valence-corrected chi connectivity index (χ1v) is 18.4. The number of amides is 2. The minimum Gasteiger partial charge on any atom is -0.396 e. The molecular formula is C33H35BrFN3O4Si. The number of ether oxygens (including phenoxy) is 1. The van der Waals surface area contributed by atoms with Gasteiger partial charge in [0.2, 0.25) is 14.3 Å². The van der Waals surface area contributed by atoms with Crippen molar-refractivity contribution in [1.29, 1.82) is 0 Å². The summed E-state index contributed by atoms with van der Waals surface area (Å²) in [6.45, 7) is 5.37. The number of nitrogens with zero attached hydrogens (tertiary/aromatic N) is 3. The van der Waals surface area contributed by atoms with Crippen molar-refractivity contribution >= 4 is 53.2 Å². The normalized spacial score (nSPS) is 25.4. The number of carbonyl (C=O) groups is 2. The number of benzene rings is 3. The summed E-state index contributed by atoms with van der Waals surface area (Å²) in [5.74, 6) is -0.697. The molecule has 1 fully saturated rings. The van der Waals surface area contributed by atoms with Crippen molar-refractivity contribution in [2.75, 3.05) is 16.5 Å². The van der Waals surface area contributed by atoms with Crippen molar-refractivity contribution in [3.8, 4) is 0 Å². The lowest BCUT2D eigenvalue weighted by Crippen LogP contribution is -2.45. The van der Waals surface area contributed by atoms with E-state index >= 15 is 4.11 Å². The maximum Gasteiger partial charge on any atom is 0.264 e. The Bertz CT molecular complexity index is 1580. The number of carbonyl (C=O) groups excluding carboxylic acids is 2. The molecule has 2 amide bonds. The van der Waals surface area contributed by atoms with E-state index in [1.807, 2.05) is 79.7 Å². The van der Waals surface area contributed by atoms with E-state index in [9.17, 15) is 14.7 Å². The number of aliphatic hydroxyl groups is 1. The first-order valence-electron chi connectivity index (χ1n) is 14.7. The Kier molecular flexibility index (Phi) is 7.91. The zero-order valence-electron chi connectivity index (χ0n) is 24.5. The molecule has 10 heteroatoms. The van der Waals surface area contributed by atoms with E-state index in [0.717, 1.165) is 32.6 Å². The van der Waals surface area contributed by atoms with Crippen LogP contribution >= 0.6 is 15.9 Å². The fourth-order valence-electron chi connectivity index (χ4n) is 7.09. The van der Waals surface area contributed by atoms with E-state index in [4.69, 9.17) is 4.74 Å². The van der Waals surface area contributed by atoms with Crippen molar-refractivity contribution < 1.29 is 23.5 Å². The van der Waals surface area contributed by atoms with Gasteiger partial charge in [0.25, 0.3) is 5.91 Å². The molecule has 0 saturated carbocycles. The summed E-state index contributed by atoms with van der Waals surface area (Å²) in [7, 11) is -3.26. The smallest absolute Gasteiger partial charge is 0.264 e. The highest BCUT2D eigenvalue weighted by molar-refractivity contribution is 9.10. The highest BCUT2D eigenvalue weighted by Crippen LogP contribution is 2.60. The number of fused-ring (bicyclic) bond motifs is 2. The highest BCUT2D eigenvalue weighted by Gasteiger charge is 2.66. The van der Waals surface area contributed by atoms with Gasteiger partial charge in [-0.2, -0.15) is 5.10 Å². The Morgan fingerprint density at radius 3 is 2.47 bits per heavy atom. The van der Waals surface area contributed by atoms with Crippen LogP contribution in [0.4, 0.5) is 15.5 Å². The van der Waals surface area contributed by atoms with Gasteiger partial charge in [0, 0.05) is 40.9 Å². The molecule has 6 rings (SSSR count). The fraction of sp³-hybridized carbons (Fsp3) is 0.364. The fourth-order valence-corrected chi connectivity index (χ4v) is 9.99. The number of hydrazone groups is 1. The van der Waals surface area contributed by atoms with Gasteiger partial charge in [-0.3, -0.25) is 9.59 Å². The summed E-state index contributed by atoms with van der Waals surface area (Å²) in [6, 6.07) is 23.0. The zero-order valence-corrected chi connectivity index (χ0v) is 27.1. The molecule has 0 aliphatic carbocycles. The number of halogens is 2. The molecule has 3 aromatic rings. The van der Waals surface area contributed by atoms with Crippen LogP contribution in [0.1, 0.15) is 42.9 Å². The maximum absolute atomic E-state index is 15.7. The molecular weight excluding hydrogens is 629 g/mol. The van der Waals surface area contributed by atoms with E-state index in [2.05, 4.69) is 21.0 Å². The number of anilines is 2. The Balaban J connectivity index is 1.30. The first-order chi connectivity index (χ1) is 20.5. The van der Waals surface area contributed by atoms with E-state index in [1.54, 1.807) is 18.0 Å². The lowest BCUT2D eigenvalue weighted by atomic mass is 9.82. The minimum atomic E-state index is -3.26. The summed E-state index contributed by atoms with van der Waals surface area (Å²) in [4.78, 5) is 28.9. The van der Waals surface area contributed by atoms with Gasteiger partial charge in [-0.25, -0.2) is 5.01 Å². The summed E-state index contributed by atoms with van der Waals surface area (Å²) in [5.41, 5.74) is 3.07. The Hall–Kier alpha value is -3.18. The molecule has 3 aromatic carbocycles. The quantitative estimate of drug-likeness (QED) is 0.226. The van der Waals surface area contributed by atoms with E-state index < -0.39 is 31.6 Å². The van der Waals surface area contributed by atoms with E-state index in [1.165, 1.54) is 5.01 Å². The second-order valence-corrected chi connectivity index (χ2v) is 16.8. The van der Waals surface area contributed by atoms with Gasteiger partial charge in [-0.15, -0.1) is 0 Å². The molecule has 0 bridgehead atoms. The summed E-state index contributed by atoms with van der Waals surface area (Å²) < 4.78 is 23.1. The molecule has 0 unspecified atom stereocenters. The van der Waals surface area contributed by atoms with Crippen LogP contribution in [0.3, 0.4) is 0 Å². The van der Waals surface area contributed by atoms with Crippen molar-refractivity contribution in [3.63, 3.8) is 0 Å². The van der Waals surface area contributed by atoms with Crippen molar-refractivity contribution in [3.05, 3.63) is 94.0 Å². The SMILES string of the molecule is C[C@@H]1[C@@H]([Si](C)(C)F)[C@H](CCO)O[C@@]12C(=O)N(Cc1ccc(N3N=C(c4ccccc4)CCC3=O)cc1)c1ccc(Br)cc12. The molecule has 0 aromatic heterocycles. The van der Waals surface area contributed by atoms with E-state index in [-0.39, 0.29) is 31.4 Å². The molecule has 224 valence electrons. The summed E-state index contributed by atoms with van der Waals surface area (Å²) >= 11 is 3.56. The van der Waals surface area contributed by atoms with Crippen LogP contribution in [0, 0.1) is 5.92 Å². The molecule has 7 nitrogen and oxygen atoms in total. The van der Waals surface area contributed by atoms with Gasteiger partial charge in [0.15, 0.2) is 5.60 Å². The van der Waals surface area contributed by atoms with Crippen LogP contribution in [0.2, 0.25) is 18.6 Å². The minimum absolute atomic E-state index is 0.0673. The average Bonchev–Trinajstić information content (AvgIpc) is 3.41. The molecule has 3 aliphatic rings. The summed E-state index contributed by atoms with van der Waals surface area (Å²) in [5, 5.41) is 15.9. The number of hydrogen-bond acceptors (Lipinski definition) is 5. The standard InChI is InChI=1S/C33H35BrFN3O4Si/c1-21-31(43(2,3)35)29(17-18-39)42-33(21)26-19-24(34)11-15-28(26)37(32(33)41)20-22-9-12-25(13-10-22)38-30(40)16-14-27(36-38)23-7-5-4-6-8-23/h4-13,15,19,21,29,31,39H,14,16-18,20H2,1-3H3/t21-,29+,31-,33+/m1/s1. The van der Waals surface area contributed by atoms with Gasteiger partial charge in [-0.05, 0) is 61.0 Å². The predicted molar refractivity (Wildman–Crippen MR) is 171 cm³/mol. The monoisotopic (exact) mass is 663 g/mol. The molecule has 1 spiro atoms. The molecule has 1 saturated heterocycles. The van der Waals surface area contributed by atoms with Crippen LogP contribution in [-0.4, -0.2) is 43.8 Å². The number of hydrogen-bond donors (Lipinski definition) is 1. The second kappa shape index (κ2) is 11.4. The largest absolute Gasteiger partial charge is 0.396 e. The third-order valence-electron chi connectivity index (χ3n) is 9.00. The van der Waals surface area contributed by atoms with Crippen LogP contribution in [-0.2, 0) is 26.5 Å². The maximum atomic E-state index is 15.7. The van der Waals surface area contributed by atoms with Crippen molar-refractivity contribution in [2.45, 2.75) is 63.1 Å². The molecule has 43 heavy (non-hydrogen) atoms.